The normalized spacial score (nSPS) is 23.2. The van der Waals surface area contributed by atoms with E-state index in [-0.39, 0.29) is 6.61 Å². The fourth-order valence-corrected chi connectivity index (χ4v) is 2.06. The molecule has 2 heteroatoms. The van der Waals surface area contributed by atoms with E-state index in [0.717, 1.165) is 31.3 Å². The predicted molar refractivity (Wildman–Crippen MR) is 53.5 cm³/mol. The maximum absolute atomic E-state index is 10.2. The molecule has 0 radical (unpaired) electrons. The molecule has 1 rings (SSSR count). The Bertz CT molecular complexity index is 179. The van der Waals surface area contributed by atoms with Crippen LogP contribution in [-0.2, 0) is 0 Å². The van der Waals surface area contributed by atoms with E-state index in [0.29, 0.717) is 6.42 Å². The summed E-state index contributed by atoms with van der Waals surface area (Å²) in [5, 5.41) is 19.1. The third-order valence-electron chi connectivity index (χ3n) is 2.95. The van der Waals surface area contributed by atoms with E-state index < -0.39 is 5.60 Å². The largest absolute Gasteiger partial charge is 0.392 e. The van der Waals surface area contributed by atoms with Crippen LogP contribution in [0.4, 0.5) is 0 Å². The maximum Gasteiger partial charge on any atom is 0.0685 e. The summed E-state index contributed by atoms with van der Waals surface area (Å²) in [4.78, 5) is 0. The summed E-state index contributed by atoms with van der Waals surface area (Å²) in [6, 6.07) is 0. The quantitative estimate of drug-likeness (QED) is 0.659. The third-order valence-corrected chi connectivity index (χ3v) is 2.95. The Hall–Kier alpha value is -0.340. The SMILES string of the molecule is C/C=C(/CO)CC1(O)CCCCC1. The molecule has 0 unspecified atom stereocenters. The zero-order valence-corrected chi connectivity index (χ0v) is 8.42. The van der Waals surface area contributed by atoms with Crippen molar-refractivity contribution in [2.45, 2.75) is 51.0 Å². The Kier molecular flexibility index (Phi) is 3.94. The van der Waals surface area contributed by atoms with Crippen molar-refractivity contribution in [1.29, 1.82) is 0 Å². The summed E-state index contributed by atoms with van der Waals surface area (Å²) in [6.45, 7) is 2.00. The Morgan fingerprint density at radius 3 is 2.38 bits per heavy atom. The summed E-state index contributed by atoms with van der Waals surface area (Å²) >= 11 is 0. The molecule has 0 bridgehead atoms. The van der Waals surface area contributed by atoms with E-state index in [1.807, 2.05) is 13.0 Å². The Morgan fingerprint density at radius 1 is 1.31 bits per heavy atom. The highest BCUT2D eigenvalue weighted by Crippen LogP contribution is 2.32. The van der Waals surface area contributed by atoms with Crippen LogP contribution >= 0.6 is 0 Å². The molecule has 0 amide bonds. The van der Waals surface area contributed by atoms with Crippen LogP contribution < -0.4 is 0 Å². The Labute approximate surface area is 80.3 Å². The molecule has 1 aliphatic rings. The highest BCUT2D eigenvalue weighted by atomic mass is 16.3. The van der Waals surface area contributed by atoms with E-state index in [4.69, 9.17) is 5.11 Å². The smallest absolute Gasteiger partial charge is 0.0685 e. The average molecular weight is 184 g/mol. The summed E-state index contributed by atoms with van der Waals surface area (Å²) < 4.78 is 0. The molecule has 1 aliphatic carbocycles. The second-order valence-corrected chi connectivity index (χ2v) is 4.07. The number of hydrogen-bond acceptors (Lipinski definition) is 2. The van der Waals surface area contributed by atoms with E-state index >= 15 is 0 Å². The van der Waals surface area contributed by atoms with E-state index in [9.17, 15) is 5.11 Å². The summed E-state index contributed by atoms with van der Waals surface area (Å²) in [6.07, 6.45) is 7.84. The Balaban J connectivity index is 2.49. The van der Waals surface area contributed by atoms with Gasteiger partial charge in [0.25, 0.3) is 0 Å². The molecule has 0 spiro atoms. The molecule has 1 fully saturated rings. The first kappa shape index (κ1) is 10.7. The van der Waals surface area contributed by atoms with Gasteiger partial charge < -0.3 is 10.2 Å². The van der Waals surface area contributed by atoms with Gasteiger partial charge in [-0.05, 0) is 31.8 Å². The highest BCUT2D eigenvalue weighted by molar-refractivity contribution is 5.06. The number of rotatable bonds is 3. The minimum absolute atomic E-state index is 0.0822. The molecular formula is C11H20O2. The van der Waals surface area contributed by atoms with Gasteiger partial charge in [-0.2, -0.15) is 0 Å². The fraction of sp³-hybridized carbons (Fsp3) is 0.818. The summed E-state index contributed by atoms with van der Waals surface area (Å²) in [7, 11) is 0. The van der Waals surface area contributed by atoms with Gasteiger partial charge in [-0.25, -0.2) is 0 Å². The Morgan fingerprint density at radius 2 is 1.92 bits per heavy atom. The summed E-state index contributed by atoms with van der Waals surface area (Å²) in [5.41, 5.74) is 0.437. The van der Waals surface area contributed by atoms with Crippen molar-refractivity contribution in [3.63, 3.8) is 0 Å². The van der Waals surface area contributed by atoms with Crippen LogP contribution in [0.5, 0.6) is 0 Å². The van der Waals surface area contributed by atoms with Crippen molar-refractivity contribution in [2.75, 3.05) is 6.61 Å². The van der Waals surface area contributed by atoms with Crippen LogP contribution in [0.25, 0.3) is 0 Å². The molecular weight excluding hydrogens is 164 g/mol. The number of aliphatic hydroxyl groups excluding tert-OH is 1. The number of aliphatic hydroxyl groups is 2. The average Bonchev–Trinajstić information content (AvgIpc) is 2.15. The van der Waals surface area contributed by atoms with Crippen LogP contribution in [0.1, 0.15) is 45.4 Å². The molecule has 0 aliphatic heterocycles. The standard InChI is InChI=1S/C11H20O2/c1-2-10(9-12)8-11(13)6-4-3-5-7-11/h2,12-13H,3-9H2,1H3/b10-2+. The molecule has 13 heavy (non-hydrogen) atoms. The van der Waals surface area contributed by atoms with Gasteiger partial charge in [0.15, 0.2) is 0 Å². The minimum Gasteiger partial charge on any atom is -0.392 e. The molecule has 2 N–H and O–H groups in total. The molecule has 0 heterocycles. The first-order valence-electron chi connectivity index (χ1n) is 5.17. The van der Waals surface area contributed by atoms with E-state index in [1.165, 1.54) is 6.42 Å². The van der Waals surface area contributed by atoms with Gasteiger partial charge in [-0.15, -0.1) is 0 Å². The first-order valence-corrected chi connectivity index (χ1v) is 5.17. The van der Waals surface area contributed by atoms with Crippen molar-refractivity contribution >= 4 is 0 Å². The van der Waals surface area contributed by atoms with Gasteiger partial charge in [0.05, 0.1) is 12.2 Å². The molecule has 0 aromatic heterocycles. The van der Waals surface area contributed by atoms with Crippen molar-refractivity contribution in [3.05, 3.63) is 11.6 Å². The van der Waals surface area contributed by atoms with Crippen molar-refractivity contribution < 1.29 is 10.2 Å². The summed E-state index contributed by atoms with van der Waals surface area (Å²) in [5.74, 6) is 0. The topological polar surface area (TPSA) is 40.5 Å². The zero-order chi connectivity index (χ0) is 9.73. The van der Waals surface area contributed by atoms with Gasteiger partial charge >= 0.3 is 0 Å². The molecule has 2 nitrogen and oxygen atoms in total. The molecule has 0 aromatic rings. The monoisotopic (exact) mass is 184 g/mol. The molecule has 0 atom stereocenters. The van der Waals surface area contributed by atoms with Gasteiger partial charge in [0, 0.05) is 0 Å². The number of hydrogen-bond donors (Lipinski definition) is 2. The molecule has 1 saturated carbocycles. The van der Waals surface area contributed by atoms with Gasteiger partial charge in [-0.1, -0.05) is 25.3 Å². The molecule has 76 valence electrons. The van der Waals surface area contributed by atoms with E-state index in [2.05, 4.69) is 0 Å². The van der Waals surface area contributed by atoms with Crippen LogP contribution in [0.3, 0.4) is 0 Å². The first-order chi connectivity index (χ1) is 6.20. The van der Waals surface area contributed by atoms with Gasteiger partial charge in [-0.3, -0.25) is 0 Å². The fourth-order valence-electron chi connectivity index (χ4n) is 2.06. The lowest BCUT2D eigenvalue weighted by atomic mass is 9.80. The van der Waals surface area contributed by atoms with Gasteiger partial charge in [0.1, 0.15) is 0 Å². The maximum atomic E-state index is 10.2. The van der Waals surface area contributed by atoms with Crippen molar-refractivity contribution in [3.8, 4) is 0 Å². The van der Waals surface area contributed by atoms with Crippen molar-refractivity contribution in [2.24, 2.45) is 0 Å². The van der Waals surface area contributed by atoms with Crippen LogP contribution in [0, 0.1) is 0 Å². The lowest BCUT2D eigenvalue weighted by molar-refractivity contribution is 0.00254. The van der Waals surface area contributed by atoms with Crippen LogP contribution in [0.2, 0.25) is 0 Å². The number of allylic oxidation sites excluding steroid dienone is 1. The highest BCUT2D eigenvalue weighted by Gasteiger charge is 2.29. The molecule has 0 aromatic carbocycles. The minimum atomic E-state index is -0.525. The second kappa shape index (κ2) is 4.77. The molecule has 0 saturated heterocycles. The van der Waals surface area contributed by atoms with E-state index in [1.54, 1.807) is 0 Å². The lowest BCUT2D eigenvalue weighted by Gasteiger charge is -2.32. The van der Waals surface area contributed by atoms with Crippen LogP contribution in [-0.4, -0.2) is 22.4 Å². The predicted octanol–water partition coefficient (Wildman–Crippen LogP) is 2.01. The van der Waals surface area contributed by atoms with Gasteiger partial charge in [0.2, 0.25) is 0 Å². The zero-order valence-electron chi connectivity index (χ0n) is 8.42. The lowest BCUT2D eigenvalue weighted by Crippen LogP contribution is -2.32. The second-order valence-electron chi connectivity index (χ2n) is 4.07. The third kappa shape index (κ3) is 3.12. The van der Waals surface area contributed by atoms with Crippen molar-refractivity contribution in [1.82, 2.24) is 0 Å². The van der Waals surface area contributed by atoms with Crippen LogP contribution in [0.15, 0.2) is 11.6 Å².